The van der Waals surface area contributed by atoms with Gasteiger partial charge in [0.2, 0.25) is 0 Å². The van der Waals surface area contributed by atoms with Gasteiger partial charge in [0, 0.05) is 5.56 Å². The van der Waals surface area contributed by atoms with Gasteiger partial charge in [-0.15, -0.1) is 0 Å². The van der Waals surface area contributed by atoms with Crippen LogP contribution < -0.4 is 4.74 Å². The van der Waals surface area contributed by atoms with Crippen molar-refractivity contribution in [2.24, 2.45) is 0 Å². The van der Waals surface area contributed by atoms with Gasteiger partial charge in [-0.3, -0.25) is 0 Å². The van der Waals surface area contributed by atoms with Crippen molar-refractivity contribution in [3.05, 3.63) is 48.3 Å². The zero-order valence-electron chi connectivity index (χ0n) is 9.91. The second-order valence-electron chi connectivity index (χ2n) is 3.82. The molecule has 0 unspecified atom stereocenters. The van der Waals surface area contributed by atoms with Crippen LogP contribution in [0.15, 0.2) is 18.2 Å². The third-order valence-corrected chi connectivity index (χ3v) is 4.93. The van der Waals surface area contributed by atoms with Crippen LogP contribution in [0.3, 0.4) is 0 Å². The molecule has 2 rings (SSSR count). The molecule has 2 aromatic rings. The number of benzene rings is 2. The van der Waals surface area contributed by atoms with E-state index in [0.717, 1.165) is 0 Å². The first-order valence-electron chi connectivity index (χ1n) is 5.23. The van der Waals surface area contributed by atoms with Crippen LogP contribution in [0.25, 0.3) is 11.1 Å². The van der Waals surface area contributed by atoms with E-state index < -0.39 is 0 Å². The zero-order valence-corrected chi connectivity index (χ0v) is 14.4. The Kier molecular flexibility index (Phi) is 5.23. The molecule has 7 heteroatoms. The second kappa shape index (κ2) is 6.39. The summed E-state index contributed by atoms with van der Waals surface area (Å²) in [7, 11) is 1.48. The molecule has 0 radical (unpaired) electrons. The van der Waals surface area contributed by atoms with Gasteiger partial charge in [0.1, 0.15) is 0 Å². The SMILES string of the molecule is COc1c(Cl)cc(-c2cc(Cl)c(Cl)c(Cl)c2Cl)cc1Cl. The number of methoxy groups -OCH3 is 1. The summed E-state index contributed by atoms with van der Waals surface area (Å²) in [5, 5.41) is 1.66. The Hall–Kier alpha value is -0.0200. The van der Waals surface area contributed by atoms with Crippen molar-refractivity contribution in [1.29, 1.82) is 0 Å². The van der Waals surface area contributed by atoms with E-state index in [4.69, 9.17) is 74.3 Å². The quantitative estimate of drug-likeness (QED) is 0.386. The van der Waals surface area contributed by atoms with Crippen LogP contribution in [0.5, 0.6) is 5.75 Å². The lowest BCUT2D eigenvalue weighted by atomic mass is 10.1. The van der Waals surface area contributed by atoms with Crippen molar-refractivity contribution in [3.8, 4) is 16.9 Å². The van der Waals surface area contributed by atoms with Crippen molar-refractivity contribution in [2.75, 3.05) is 7.11 Å². The van der Waals surface area contributed by atoms with Gasteiger partial charge in [-0.05, 0) is 23.8 Å². The monoisotopic (exact) mass is 388 g/mol. The number of halogens is 6. The molecule has 0 saturated carbocycles. The van der Waals surface area contributed by atoms with Crippen molar-refractivity contribution in [3.63, 3.8) is 0 Å². The van der Waals surface area contributed by atoms with Crippen LogP contribution in [0.2, 0.25) is 30.1 Å². The van der Waals surface area contributed by atoms with Crippen LogP contribution in [0.4, 0.5) is 0 Å². The van der Waals surface area contributed by atoms with Gasteiger partial charge in [-0.2, -0.15) is 0 Å². The first-order valence-corrected chi connectivity index (χ1v) is 7.50. The Labute approximate surface area is 146 Å². The van der Waals surface area contributed by atoms with Crippen LogP contribution in [0, 0.1) is 0 Å². The molecule has 2 aromatic carbocycles. The summed E-state index contributed by atoms with van der Waals surface area (Å²) in [6, 6.07) is 4.93. The fraction of sp³-hybridized carbons (Fsp3) is 0.0769. The Morgan fingerprint density at radius 1 is 0.700 bits per heavy atom. The summed E-state index contributed by atoms with van der Waals surface area (Å²) < 4.78 is 5.09. The molecular formula is C13H6Cl6O. The molecular weight excluding hydrogens is 385 g/mol. The number of hydrogen-bond acceptors (Lipinski definition) is 1. The molecule has 20 heavy (non-hydrogen) atoms. The maximum Gasteiger partial charge on any atom is 0.156 e. The van der Waals surface area contributed by atoms with E-state index in [2.05, 4.69) is 0 Å². The molecule has 0 heterocycles. The molecule has 0 spiro atoms. The van der Waals surface area contributed by atoms with Crippen molar-refractivity contribution < 1.29 is 4.74 Å². The lowest BCUT2D eigenvalue weighted by Gasteiger charge is -2.12. The summed E-state index contributed by atoms with van der Waals surface area (Å²) in [5.41, 5.74) is 1.24. The molecule has 0 fully saturated rings. The first kappa shape index (κ1) is 16.4. The number of ether oxygens (including phenoxy) is 1. The molecule has 0 aliphatic carbocycles. The van der Waals surface area contributed by atoms with E-state index in [9.17, 15) is 0 Å². The summed E-state index contributed by atoms with van der Waals surface area (Å²) in [5.74, 6) is 0.388. The smallest absolute Gasteiger partial charge is 0.156 e. The molecule has 106 valence electrons. The number of rotatable bonds is 2. The minimum Gasteiger partial charge on any atom is -0.494 e. The van der Waals surface area contributed by atoms with Crippen LogP contribution in [0.1, 0.15) is 0 Å². The van der Waals surface area contributed by atoms with E-state index in [1.54, 1.807) is 18.2 Å². The van der Waals surface area contributed by atoms with E-state index >= 15 is 0 Å². The van der Waals surface area contributed by atoms with Gasteiger partial charge in [0.15, 0.2) is 5.75 Å². The molecule has 0 N–H and O–H groups in total. The highest BCUT2D eigenvalue weighted by molar-refractivity contribution is 6.52. The lowest BCUT2D eigenvalue weighted by molar-refractivity contribution is 0.415. The minimum atomic E-state index is 0.180. The molecule has 0 aliphatic rings. The average Bonchev–Trinajstić information content (AvgIpc) is 2.40. The molecule has 0 amide bonds. The van der Waals surface area contributed by atoms with E-state index in [1.807, 2.05) is 0 Å². The van der Waals surface area contributed by atoms with Crippen LogP contribution in [-0.2, 0) is 0 Å². The number of hydrogen-bond donors (Lipinski definition) is 0. The van der Waals surface area contributed by atoms with Gasteiger partial charge < -0.3 is 4.74 Å². The Morgan fingerprint density at radius 3 is 1.75 bits per heavy atom. The van der Waals surface area contributed by atoms with Gasteiger partial charge in [-0.1, -0.05) is 69.6 Å². The first-order chi connectivity index (χ1) is 9.36. The predicted molar refractivity (Wildman–Crippen MR) is 88.5 cm³/mol. The molecule has 0 bridgehead atoms. The van der Waals surface area contributed by atoms with E-state index in [-0.39, 0.29) is 15.1 Å². The van der Waals surface area contributed by atoms with Crippen molar-refractivity contribution in [1.82, 2.24) is 0 Å². The summed E-state index contributed by atoms with van der Waals surface area (Å²) in [6.07, 6.45) is 0. The highest BCUT2D eigenvalue weighted by Crippen LogP contribution is 2.45. The Morgan fingerprint density at radius 2 is 1.25 bits per heavy atom. The third-order valence-electron chi connectivity index (χ3n) is 2.62. The van der Waals surface area contributed by atoms with E-state index in [0.29, 0.717) is 31.9 Å². The molecule has 1 nitrogen and oxygen atoms in total. The average molecular weight is 391 g/mol. The summed E-state index contributed by atoms with van der Waals surface area (Å²) in [4.78, 5) is 0. The summed E-state index contributed by atoms with van der Waals surface area (Å²) in [6.45, 7) is 0. The minimum absolute atomic E-state index is 0.180. The standard InChI is InChI=1S/C13H6Cl6O/c1-20-13-8(15)2-5(3-9(13)16)6-4-7(14)11(18)12(19)10(6)17/h2-4H,1H3. The molecule has 0 aliphatic heterocycles. The Balaban J connectivity index is 2.70. The van der Waals surface area contributed by atoms with Crippen LogP contribution >= 0.6 is 69.6 Å². The van der Waals surface area contributed by atoms with Gasteiger partial charge in [-0.25, -0.2) is 0 Å². The predicted octanol–water partition coefficient (Wildman–Crippen LogP) is 7.28. The largest absolute Gasteiger partial charge is 0.494 e. The third kappa shape index (κ3) is 2.94. The highest BCUT2D eigenvalue weighted by atomic mass is 35.5. The van der Waals surface area contributed by atoms with Gasteiger partial charge >= 0.3 is 0 Å². The fourth-order valence-electron chi connectivity index (χ4n) is 1.69. The second-order valence-corrected chi connectivity index (χ2v) is 6.18. The normalized spacial score (nSPS) is 10.8. The van der Waals surface area contributed by atoms with Crippen molar-refractivity contribution in [2.45, 2.75) is 0 Å². The van der Waals surface area contributed by atoms with E-state index in [1.165, 1.54) is 7.11 Å². The highest BCUT2D eigenvalue weighted by Gasteiger charge is 2.17. The molecule has 0 atom stereocenters. The lowest BCUT2D eigenvalue weighted by Crippen LogP contribution is -1.89. The molecule has 0 saturated heterocycles. The summed E-state index contributed by atoms with van der Waals surface area (Å²) >= 11 is 36.4. The zero-order chi connectivity index (χ0) is 15.0. The van der Waals surface area contributed by atoms with Crippen molar-refractivity contribution >= 4 is 69.6 Å². The maximum atomic E-state index is 6.19. The van der Waals surface area contributed by atoms with Crippen LogP contribution in [-0.4, -0.2) is 7.11 Å². The fourth-order valence-corrected chi connectivity index (χ4v) is 3.25. The Bertz CT molecular complexity index is 660. The maximum absolute atomic E-state index is 6.19. The van der Waals surface area contributed by atoms with Gasteiger partial charge in [0.25, 0.3) is 0 Å². The molecule has 0 aromatic heterocycles. The van der Waals surface area contributed by atoms with Gasteiger partial charge in [0.05, 0.1) is 37.2 Å². The topological polar surface area (TPSA) is 9.23 Å².